The minimum absolute atomic E-state index is 0.119. The second kappa shape index (κ2) is 6.99. The summed E-state index contributed by atoms with van der Waals surface area (Å²) in [5.74, 6) is 2.05. The van der Waals surface area contributed by atoms with E-state index in [9.17, 15) is 0 Å². The van der Waals surface area contributed by atoms with Crippen LogP contribution in [0.4, 0.5) is 5.69 Å². The Kier molecular flexibility index (Phi) is 4.84. The molecule has 2 aromatic rings. The van der Waals surface area contributed by atoms with E-state index in [0.717, 1.165) is 27.7 Å². The normalized spacial score (nSPS) is 23.2. The zero-order valence-electron chi connectivity index (χ0n) is 14.4. The highest BCUT2D eigenvalue weighted by atomic mass is 79.9. The van der Waals surface area contributed by atoms with Gasteiger partial charge in [-0.1, -0.05) is 35.4 Å². The van der Waals surface area contributed by atoms with Crippen LogP contribution in [0.2, 0.25) is 10.0 Å². The molecule has 6 heteroatoms. The number of ether oxygens (including phenoxy) is 2. The Hall–Kier alpha value is -1.36. The number of hydrogen-bond donors (Lipinski definition) is 1. The van der Waals surface area contributed by atoms with Crippen molar-refractivity contribution in [2.24, 2.45) is 5.92 Å². The molecule has 1 N–H and O–H groups in total. The van der Waals surface area contributed by atoms with Gasteiger partial charge in [0.05, 0.1) is 24.7 Å². The van der Waals surface area contributed by atoms with Crippen molar-refractivity contribution < 1.29 is 9.47 Å². The van der Waals surface area contributed by atoms with Crippen LogP contribution in [-0.4, -0.2) is 14.2 Å². The lowest BCUT2D eigenvalue weighted by Gasteiger charge is -2.38. The summed E-state index contributed by atoms with van der Waals surface area (Å²) >= 11 is 16.4. The number of hydrogen-bond acceptors (Lipinski definition) is 3. The summed E-state index contributed by atoms with van der Waals surface area (Å²) in [5.41, 5.74) is 3.26. The smallest absolute Gasteiger partial charge is 0.174 e. The van der Waals surface area contributed by atoms with Crippen LogP contribution in [-0.2, 0) is 0 Å². The third-order valence-corrected chi connectivity index (χ3v) is 6.31. The first kappa shape index (κ1) is 18.0. The maximum absolute atomic E-state index is 6.52. The zero-order chi connectivity index (χ0) is 18.4. The molecule has 0 bridgehead atoms. The van der Waals surface area contributed by atoms with Crippen LogP contribution in [0.15, 0.2) is 40.9 Å². The van der Waals surface area contributed by atoms with E-state index in [1.165, 1.54) is 0 Å². The van der Waals surface area contributed by atoms with Gasteiger partial charge in [0.15, 0.2) is 11.5 Å². The molecule has 2 aromatic carbocycles. The molecular weight excluding hydrogens is 437 g/mol. The van der Waals surface area contributed by atoms with Gasteiger partial charge in [0.1, 0.15) is 0 Å². The average molecular weight is 455 g/mol. The number of benzene rings is 2. The van der Waals surface area contributed by atoms with Crippen molar-refractivity contribution in [2.75, 3.05) is 19.5 Å². The van der Waals surface area contributed by atoms with Crippen LogP contribution in [0.1, 0.15) is 29.5 Å². The van der Waals surface area contributed by atoms with Gasteiger partial charge in [-0.05, 0) is 58.1 Å². The molecule has 2 aliphatic rings. The summed E-state index contributed by atoms with van der Waals surface area (Å²) < 4.78 is 11.8. The number of anilines is 1. The number of fused-ring (bicyclic) bond motifs is 3. The van der Waals surface area contributed by atoms with Crippen LogP contribution in [0.5, 0.6) is 11.5 Å². The van der Waals surface area contributed by atoms with Gasteiger partial charge in [-0.15, -0.1) is 0 Å². The summed E-state index contributed by atoms with van der Waals surface area (Å²) in [5, 5.41) is 5.01. The Bertz CT molecular complexity index is 900. The maximum Gasteiger partial charge on any atom is 0.174 e. The monoisotopic (exact) mass is 453 g/mol. The molecule has 1 heterocycles. The van der Waals surface area contributed by atoms with E-state index < -0.39 is 0 Å². The molecule has 1 aliphatic carbocycles. The highest BCUT2D eigenvalue weighted by Crippen LogP contribution is 2.53. The van der Waals surface area contributed by atoms with E-state index in [-0.39, 0.29) is 12.0 Å². The minimum Gasteiger partial charge on any atom is -0.493 e. The van der Waals surface area contributed by atoms with E-state index in [4.69, 9.17) is 32.7 Å². The van der Waals surface area contributed by atoms with Crippen molar-refractivity contribution in [3.8, 4) is 11.5 Å². The average Bonchev–Trinajstić information content (AvgIpc) is 3.09. The SMILES string of the molecule is COc1cc([C@H]2Nc3cc(Cl)cc(Cl)c3[C@@H]3C=CC[C@H]23)cc(Br)c1OC. The topological polar surface area (TPSA) is 30.5 Å². The van der Waals surface area contributed by atoms with Crippen molar-refractivity contribution in [2.45, 2.75) is 18.4 Å². The van der Waals surface area contributed by atoms with Crippen LogP contribution in [0, 0.1) is 5.92 Å². The van der Waals surface area contributed by atoms with Gasteiger partial charge < -0.3 is 14.8 Å². The molecule has 0 saturated heterocycles. The third kappa shape index (κ3) is 2.88. The molecule has 0 spiro atoms. The van der Waals surface area contributed by atoms with Crippen LogP contribution >= 0.6 is 39.1 Å². The van der Waals surface area contributed by atoms with Gasteiger partial charge in [-0.2, -0.15) is 0 Å². The molecule has 3 atom stereocenters. The van der Waals surface area contributed by atoms with Crippen LogP contribution < -0.4 is 14.8 Å². The lowest BCUT2D eigenvalue weighted by molar-refractivity contribution is 0.351. The molecule has 0 amide bonds. The van der Waals surface area contributed by atoms with Gasteiger partial charge in [0.25, 0.3) is 0 Å². The first-order chi connectivity index (χ1) is 12.5. The van der Waals surface area contributed by atoms with Crippen molar-refractivity contribution in [1.82, 2.24) is 0 Å². The zero-order valence-corrected chi connectivity index (χ0v) is 17.5. The summed E-state index contributed by atoms with van der Waals surface area (Å²) in [6.07, 6.45) is 5.49. The second-order valence-corrected chi connectivity index (χ2v) is 8.26. The first-order valence-corrected chi connectivity index (χ1v) is 9.92. The van der Waals surface area contributed by atoms with E-state index in [0.29, 0.717) is 27.5 Å². The Morgan fingerprint density at radius 2 is 1.92 bits per heavy atom. The Morgan fingerprint density at radius 3 is 2.65 bits per heavy atom. The third-order valence-electron chi connectivity index (χ3n) is 5.19. The highest BCUT2D eigenvalue weighted by Gasteiger charge is 2.39. The largest absolute Gasteiger partial charge is 0.493 e. The van der Waals surface area contributed by atoms with Crippen molar-refractivity contribution in [1.29, 1.82) is 0 Å². The summed E-state index contributed by atoms with van der Waals surface area (Å²) in [4.78, 5) is 0. The lowest BCUT2D eigenvalue weighted by Crippen LogP contribution is -2.29. The minimum atomic E-state index is 0.119. The van der Waals surface area contributed by atoms with Crippen LogP contribution in [0.3, 0.4) is 0 Å². The Balaban J connectivity index is 1.82. The molecule has 0 unspecified atom stereocenters. The molecule has 1 aliphatic heterocycles. The maximum atomic E-state index is 6.52. The summed E-state index contributed by atoms with van der Waals surface area (Å²) in [6, 6.07) is 8.01. The fraction of sp³-hybridized carbons (Fsp3) is 0.300. The Labute approximate surface area is 171 Å². The molecule has 0 aromatic heterocycles. The molecule has 136 valence electrons. The highest BCUT2D eigenvalue weighted by molar-refractivity contribution is 9.10. The number of halogens is 3. The summed E-state index contributed by atoms with van der Waals surface area (Å²) in [6.45, 7) is 0. The standard InChI is InChI=1S/C20H18BrCl2NO2/c1-25-17-7-10(6-14(21)20(17)26-2)19-13-5-3-4-12(13)18-15(23)8-11(22)9-16(18)24-19/h3-4,6-9,12-13,19,24H,5H2,1-2H3/t12-,13+,19-/m1/s1. The molecule has 0 radical (unpaired) electrons. The predicted molar refractivity (Wildman–Crippen MR) is 110 cm³/mol. The van der Waals surface area contributed by atoms with Crippen molar-refractivity contribution in [3.05, 3.63) is 62.1 Å². The molecule has 0 saturated carbocycles. The van der Waals surface area contributed by atoms with E-state index >= 15 is 0 Å². The number of allylic oxidation sites excluding steroid dienone is 2. The molecular formula is C20H18BrCl2NO2. The Morgan fingerprint density at radius 1 is 1.12 bits per heavy atom. The first-order valence-electron chi connectivity index (χ1n) is 8.37. The molecule has 26 heavy (non-hydrogen) atoms. The number of methoxy groups -OCH3 is 2. The molecule has 4 rings (SSSR count). The van der Waals surface area contributed by atoms with E-state index in [2.05, 4.69) is 39.5 Å². The number of rotatable bonds is 3. The molecule has 0 fully saturated rings. The van der Waals surface area contributed by atoms with Gasteiger partial charge in [-0.25, -0.2) is 0 Å². The van der Waals surface area contributed by atoms with Crippen molar-refractivity contribution in [3.63, 3.8) is 0 Å². The van der Waals surface area contributed by atoms with Crippen molar-refractivity contribution >= 4 is 44.8 Å². The van der Waals surface area contributed by atoms with E-state index in [1.54, 1.807) is 14.2 Å². The van der Waals surface area contributed by atoms with Gasteiger partial charge in [-0.3, -0.25) is 0 Å². The lowest BCUT2D eigenvalue weighted by atomic mass is 9.77. The van der Waals surface area contributed by atoms with Gasteiger partial charge >= 0.3 is 0 Å². The number of nitrogens with one attached hydrogen (secondary N) is 1. The predicted octanol–water partition coefficient (Wildman–Crippen LogP) is 6.60. The fourth-order valence-electron chi connectivity index (χ4n) is 4.09. The fourth-order valence-corrected chi connectivity index (χ4v) is 5.33. The van der Waals surface area contributed by atoms with Crippen LogP contribution in [0.25, 0.3) is 0 Å². The summed E-state index contributed by atoms with van der Waals surface area (Å²) in [7, 11) is 3.29. The second-order valence-electron chi connectivity index (χ2n) is 6.56. The molecule has 3 nitrogen and oxygen atoms in total. The quantitative estimate of drug-likeness (QED) is 0.530. The van der Waals surface area contributed by atoms with E-state index in [1.807, 2.05) is 18.2 Å². The van der Waals surface area contributed by atoms with Gasteiger partial charge in [0.2, 0.25) is 0 Å². The van der Waals surface area contributed by atoms with Gasteiger partial charge in [0, 0.05) is 27.2 Å².